The number of hydrogen-bond donors (Lipinski definition) is 0. The Hall–Kier alpha value is -0.680. The number of rotatable bonds is 4. The number of allylic oxidation sites excluding steroid dienone is 1. The van der Waals surface area contributed by atoms with Gasteiger partial charge in [0.05, 0.1) is 5.70 Å². The van der Waals surface area contributed by atoms with Crippen LogP contribution in [0.4, 0.5) is 0 Å². The lowest BCUT2D eigenvalue weighted by atomic mass is 10.0. The van der Waals surface area contributed by atoms with Gasteiger partial charge in [-0.1, -0.05) is 34.3 Å². The highest BCUT2D eigenvalue weighted by molar-refractivity contribution is 5.05. The summed E-state index contributed by atoms with van der Waals surface area (Å²) >= 11 is 0. The van der Waals surface area contributed by atoms with Gasteiger partial charge in [0.1, 0.15) is 0 Å². The summed E-state index contributed by atoms with van der Waals surface area (Å²) in [5, 5.41) is 0. The van der Waals surface area contributed by atoms with Crippen molar-refractivity contribution in [2.45, 2.75) is 53.0 Å². The molecule has 1 aliphatic rings. The zero-order valence-electron chi connectivity index (χ0n) is 10.7. The molecule has 1 nitrogen and oxygen atoms in total. The van der Waals surface area contributed by atoms with Crippen molar-refractivity contribution in [1.82, 2.24) is 4.90 Å². The molecule has 86 valence electrons. The predicted molar refractivity (Wildman–Crippen MR) is 66.7 cm³/mol. The second-order valence-electron chi connectivity index (χ2n) is 5.34. The molecule has 0 aromatic heterocycles. The van der Waals surface area contributed by atoms with Crippen molar-refractivity contribution in [2.75, 3.05) is 6.54 Å². The van der Waals surface area contributed by atoms with Crippen molar-refractivity contribution in [2.24, 2.45) is 11.8 Å². The van der Waals surface area contributed by atoms with E-state index in [-0.39, 0.29) is 0 Å². The molecule has 0 aromatic carbocycles. The Morgan fingerprint density at radius 3 is 2.53 bits per heavy atom. The molecular formula is C14H25N. The minimum Gasteiger partial charge on any atom is -0.365 e. The van der Waals surface area contributed by atoms with E-state index in [9.17, 15) is 0 Å². The molecular weight excluding hydrogens is 182 g/mol. The zero-order valence-corrected chi connectivity index (χ0v) is 10.7. The third-order valence-corrected chi connectivity index (χ3v) is 3.16. The standard InChI is InChI=1S/C14H25N/c1-6-14(12(4)5)15-9-7-8-13(15)10-11(2)3/h11-13H,1,7-10H2,2-5H3. The Labute approximate surface area is 94.9 Å². The zero-order chi connectivity index (χ0) is 11.4. The van der Waals surface area contributed by atoms with E-state index < -0.39 is 0 Å². The predicted octanol–water partition coefficient (Wildman–Crippen LogP) is 3.82. The second-order valence-corrected chi connectivity index (χ2v) is 5.34. The van der Waals surface area contributed by atoms with Crippen LogP contribution in [0, 0.1) is 11.8 Å². The molecule has 1 rings (SSSR count). The van der Waals surface area contributed by atoms with E-state index in [1.165, 1.54) is 31.5 Å². The van der Waals surface area contributed by atoms with Crippen molar-refractivity contribution in [3.8, 4) is 0 Å². The molecule has 1 unspecified atom stereocenters. The summed E-state index contributed by atoms with van der Waals surface area (Å²) in [7, 11) is 0. The lowest BCUT2D eigenvalue weighted by Gasteiger charge is -2.31. The summed E-state index contributed by atoms with van der Waals surface area (Å²) in [6, 6.07) is 0.733. The average molecular weight is 207 g/mol. The number of likely N-dealkylation sites (tertiary alicyclic amines) is 1. The molecule has 0 amide bonds. The summed E-state index contributed by atoms with van der Waals surface area (Å²) < 4.78 is 0. The molecule has 1 atom stereocenters. The highest BCUT2D eigenvalue weighted by atomic mass is 15.2. The van der Waals surface area contributed by atoms with Crippen molar-refractivity contribution in [1.29, 1.82) is 0 Å². The van der Waals surface area contributed by atoms with Crippen molar-refractivity contribution >= 4 is 0 Å². The first-order valence-corrected chi connectivity index (χ1v) is 6.22. The third kappa shape index (κ3) is 3.14. The fourth-order valence-corrected chi connectivity index (χ4v) is 2.58. The molecule has 1 saturated heterocycles. The van der Waals surface area contributed by atoms with Crippen molar-refractivity contribution in [3.63, 3.8) is 0 Å². The maximum absolute atomic E-state index is 3.84. The smallest absolute Gasteiger partial charge is 0.0586 e. The van der Waals surface area contributed by atoms with Gasteiger partial charge >= 0.3 is 0 Å². The Morgan fingerprint density at radius 2 is 2.07 bits per heavy atom. The molecule has 1 heterocycles. The van der Waals surface area contributed by atoms with E-state index in [2.05, 4.69) is 44.9 Å². The van der Waals surface area contributed by atoms with Gasteiger partial charge in [-0.25, -0.2) is 0 Å². The van der Waals surface area contributed by atoms with E-state index >= 15 is 0 Å². The molecule has 15 heavy (non-hydrogen) atoms. The Bertz CT molecular complexity index is 246. The van der Waals surface area contributed by atoms with E-state index in [1.807, 2.05) is 0 Å². The molecule has 1 heteroatoms. The maximum atomic E-state index is 3.84. The molecule has 0 N–H and O–H groups in total. The van der Waals surface area contributed by atoms with Crippen LogP contribution >= 0.6 is 0 Å². The van der Waals surface area contributed by atoms with Gasteiger partial charge in [0.25, 0.3) is 0 Å². The van der Waals surface area contributed by atoms with Crippen molar-refractivity contribution < 1.29 is 0 Å². The first-order valence-electron chi connectivity index (χ1n) is 6.22. The monoisotopic (exact) mass is 207 g/mol. The van der Waals surface area contributed by atoms with Gasteiger partial charge in [-0.3, -0.25) is 0 Å². The van der Waals surface area contributed by atoms with Gasteiger partial charge in [-0.2, -0.15) is 0 Å². The molecule has 0 saturated carbocycles. The van der Waals surface area contributed by atoms with Gasteiger partial charge in [0.2, 0.25) is 0 Å². The van der Waals surface area contributed by atoms with E-state index in [0.717, 1.165) is 12.0 Å². The molecule has 0 aromatic rings. The molecule has 0 spiro atoms. The van der Waals surface area contributed by atoms with Crippen LogP contribution in [0.25, 0.3) is 0 Å². The Kier molecular flexibility index (Phi) is 4.47. The normalized spacial score (nSPS) is 21.2. The molecule has 0 radical (unpaired) electrons. The van der Waals surface area contributed by atoms with E-state index in [1.54, 1.807) is 0 Å². The first-order chi connectivity index (χ1) is 7.06. The summed E-state index contributed by atoms with van der Waals surface area (Å²) in [5.74, 6) is 1.34. The van der Waals surface area contributed by atoms with Crippen LogP contribution in [0.15, 0.2) is 18.0 Å². The Balaban J connectivity index is 2.71. The van der Waals surface area contributed by atoms with Gasteiger partial charge in [0.15, 0.2) is 0 Å². The first kappa shape index (κ1) is 12.4. The highest BCUT2D eigenvalue weighted by Gasteiger charge is 2.27. The van der Waals surface area contributed by atoms with Crippen LogP contribution in [0.3, 0.4) is 0 Å². The third-order valence-electron chi connectivity index (χ3n) is 3.16. The van der Waals surface area contributed by atoms with Crippen LogP contribution in [0.2, 0.25) is 0 Å². The van der Waals surface area contributed by atoms with Crippen LogP contribution in [-0.2, 0) is 0 Å². The van der Waals surface area contributed by atoms with Gasteiger partial charge in [-0.15, -0.1) is 5.73 Å². The fraction of sp³-hybridized carbons (Fsp3) is 0.786. The summed E-state index contributed by atoms with van der Waals surface area (Å²) in [6.45, 7) is 14.1. The molecule has 1 fully saturated rings. The lowest BCUT2D eigenvalue weighted by molar-refractivity contribution is 0.260. The van der Waals surface area contributed by atoms with Crippen LogP contribution in [-0.4, -0.2) is 17.5 Å². The van der Waals surface area contributed by atoms with Crippen LogP contribution < -0.4 is 0 Å². The average Bonchev–Trinajstić information content (AvgIpc) is 2.53. The van der Waals surface area contributed by atoms with Gasteiger partial charge < -0.3 is 4.90 Å². The lowest BCUT2D eigenvalue weighted by Crippen LogP contribution is -2.31. The fourth-order valence-electron chi connectivity index (χ4n) is 2.58. The highest BCUT2D eigenvalue weighted by Crippen LogP contribution is 2.29. The quantitative estimate of drug-likeness (QED) is 0.633. The van der Waals surface area contributed by atoms with Crippen molar-refractivity contribution in [3.05, 3.63) is 18.0 Å². The maximum Gasteiger partial charge on any atom is 0.0586 e. The molecule has 0 bridgehead atoms. The topological polar surface area (TPSA) is 3.24 Å². The molecule has 0 aliphatic carbocycles. The van der Waals surface area contributed by atoms with E-state index in [0.29, 0.717) is 5.92 Å². The van der Waals surface area contributed by atoms with Gasteiger partial charge in [-0.05, 0) is 25.2 Å². The van der Waals surface area contributed by atoms with Gasteiger partial charge in [0, 0.05) is 18.5 Å². The summed E-state index contributed by atoms with van der Waals surface area (Å²) in [5.41, 5.74) is 4.46. The SMILES string of the molecule is C=C=C(C(C)C)N1CCCC1CC(C)C. The largest absolute Gasteiger partial charge is 0.365 e. The van der Waals surface area contributed by atoms with Crippen LogP contribution in [0.5, 0.6) is 0 Å². The summed E-state index contributed by atoms with van der Waals surface area (Å²) in [6.07, 6.45) is 3.98. The minimum absolute atomic E-state index is 0.551. The Morgan fingerprint density at radius 1 is 1.40 bits per heavy atom. The van der Waals surface area contributed by atoms with Crippen LogP contribution in [0.1, 0.15) is 47.0 Å². The summed E-state index contributed by atoms with van der Waals surface area (Å²) in [4.78, 5) is 2.54. The minimum atomic E-state index is 0.551. The number of nitrogens with zero attached hydrogens (tertiary/aromatic N) is 1. The van der Waals surface area contributed by atoms with E-state index in [4.69, 9.17) is 0 Å². The molecule has 1 aliphatic heterocycles. The second kappa shape index (κ2) is 5.42. The number of hydrogen-bond acceptors (Lipinski definition) is 1.